The average Bonchev–Trinajstić information content (AvgIpc) is 3.06. The summed E-state index contributed by atoms with van der Waals surface area (Å²) in [5, 5.41) is 3.55. The van der Waals surface area contributed by atoms with Gasteiger partial charge < -0.3 is 15.0 Å². The van der Waals surface area contributed by atoms with E-state index in [0.717, 1.165) is 22.6 Å². The van der Waals surface area contributed by atoms with Crippen molar-refractivity contribution in [2.75, 3.05) is 25.1 Å². The molecule has 1 atom stereocenters. The number of methoxy groups -OCH3 is 1. The molecule has 1 N–H and O–H groups in total. The second kappa shape index (κ2) is 8.44. The first-order chi connectivity index (χ1) is 13.0. The number of carbonyl (C=O) groups is 2. The zero-order valence-electron chi connectivity index (χ0n) is 15.5. The first kappa shape index (κ1) is 19.2. The van der Waals surface area contributed by atoms with Crippen LogP contribution in [0.15, 0.2) is 42.5 Å². The Bertz CT molecular complexity index is 853. The number of benzene rings is 2. The normalized spacial score (nSPS) is 16.5. The maximum Gasteiger partial charge on any atom is 0.227 e. The van der Waals surface area contributed by atoms with Crippen molar-refractivity contribution in [1.29, 1.82) is 0 Å². The van der Waals surface area contributed by atoms with E-state index in [4.69, 9.17) is 16.3 Å². The highest BCUT2D eigenvalue weighted by atomic mass is 35.5. The van der Waals surface area contributed by atoms with Crippen LogP contribution in [0.25, 0.3) is 0 Å². The smallest absolute Gasteiger partial charge is 0.227 e. The van der Waals surface area contributed by atoms with Crippen LogP contribution in [0.3, 0.4) is 0 Å². The molecule has 0 radical (unpaired) electrons. The van der Waals surface area contributed by atoms with Gasteiger partial charge in [0.25, 0.3) is 0 Å². The van der Waals surface area contributed by atoms with E-state index in [9.17, 15) is 9.59 Å². The zero-order chi connectivity index (χ0) is 19.4. The Morgan fingerprint density at radius 3 is 2.81 bits per heavy atom. The summed E-state index contributed by atoms with van der Waals surface area (Å²) in [4.78, 5) is 26.5. The lowest BCUT2D eigenvalue weighted by molar-refractivity contribution is -0.126. The fourth-order valence-electron chi connectivity index (χ4n) is 3.26. The van der Waals surface area contributed by atoms with Gasteiger partial charge in [-0.15, -0.1) is 0 Å². The summed E-state index contributed by atoms with van der Waals surface area (Å²) in [5.41, 5.74) is 2.73. The number of anilines is 1. The number of para-hydroxylation sites is 1. The van der Waals surface area contributed by atoms with Crippen LogP contribution in [-0.4, -0.2) is 32.0 Å². The molecule has 2 amide bonds. The van der Waals surface area contributed by atoms with Crippen LogP contribution in [0.4, 0.5) is 5.69 Å². The van der Waals surface area contributed by atoms with Gasteiger partial charge in [-0.3, -0.25) is 9.59 Å². The summed E-state index contributed by atoms with van der Waals surface area (Å²) in [6.07, 6.45) is 0.889. The molecule has 0 aliphatic carbocycles. The van der Waals surface area contributed by atoms with Gasteiger partial charge in [0.15, 0.2) is 0 Å². The third kappa shape index (κ3) is 4.42. The molecule has 0 bridgehead atoms. The lowest BCUT2D eigenvalue weighted by atomic mass is 10.1. The highest BCUT2D eigenvalue weighted by molar-refractivity contribution is 6.31. The number of ether oxygens (including phenoxy) is 1. The number of halogens is 1. The first-order valence-electron chi connectivity index (χ1n) is 8.95. The monoisotopic (exact) mass is 386 g/mol. The molecule has 1 saturated heterocycles. The number of hydrogen-bond acceptors (Lipinski definition) is 3. The summed E-state index contributed by atoms with van der Waals surface area (Å²) in [7, 11) is 1.63. The van der Waals surface area contributed by atoms with Crippen LogP contribution in [0.2, 0.25) is 5.02 Å². The van der Waals surface area contributed by atoms with Crippen molar-refractivity contribution in [2.24, 2.45) is 5.92 Å². The number of hydrogen-bond donors (Lipinski definition) is 1. The molecule has 2 aromatic carbocycles. The maximum absolute atomic E-state index is 12.5. The second-order valence-electron chi connectivity index (χ2n) is 6.69. The molecule has 0 spiro atoms. The second-order valence-corrected chi connectivity index (χ2v) is 7.10. The van der Waals surface area contributed by atoms with E-state index in [2.05, 4.69) is 5.32 Å². The number of nitrogens with zero attached hydrogens (tertiary/aromatic N) is 1. The van der Waals surface area contributed by atoms with E-state index >= 15 is 0 Å². The quantitative estimate of drug-likeness (QED) is 0.828. The molecule has 0 saturated carbocycles. The van der Waals surface area contributed by atoms with Crippen LogP contribution >= 0.6 is 11.6 Å². The van der Waals surface area contributed by atoms with E-state index in [1.807, 2.05) is 43.3 Å². The van der Waals surface area contributed by atoms with E-state index in [0.29, 0.717) is 24.5 Å². The lowest BCUT2D eigenvalue weighted by Gasteiger charge is -2.17. The maximum atomic E-state index is 12.5. The van der Waals surface area contributed by atoms with Gasteiger partial charge in [-0.1, -0.05) is 35.9 Å². The zero-order valence-corrected chi connectivity index (χ0v) is 16.3. The van der Waals surface area contributed by atoms with Crippen LogP contribution in [0.5, 0.6) is 5.75 Å². The topological polar surface area (TPSA) is 58.6 Å². The number of amides is 2. The van der Waals surface area contributed by atoms with Crippen LogP contribution < -0.4 is 15.0 Å². The first-order valence-corrected chi connectivity index (χ1v) is 9.33. The molecule has 5 nitrogen and oxygen atoms in total. The Labute approximate surface area is 164 Å². The molecule has 1 heterocycles. The molecule has 1 fully saturated rings. The SMILES string of the molecule is COc1ccccc1CCNC(=O)C1CC(=O)N(c2ccc(C)c(Cl)c2)C1. The third-order valence-electron chi connectivity index (χ3n) is 4.85. The Morgan fingerprint density at radius 1 is 1.30 bits per heavy atom. The van der Waals surface area contributed by atoms with E-state index in [1.165, 1.54) is 0 Å². The molecular weight excluding hydrogens is 364 g/mol. The molecule has 1 aliphatic heterocycles. The molecule has 3 rings (SSSR count). The van der Waals surface area contributed by atoms with Crippen LogP contribution in [0.1, 0.15) is 17.5 Å². The molecule has 2 aromatic rings. The van der Waals surface area contributed by atoms with E-state index in [-0.39, 0.29) is 24.2 Å². The van der Waals surface area contributed by atoms with Gasteiger partial charge in [0.05, 0.1) is 13.0 Å². The van der Waals surface area contributed by atoms with Crippen molar-refractivity contribution in [1.82, 2.24) is 5.32 Å². The number of carbonyl (C=O) groups excluding carboxylic acids is 2. The summed E-state index contributed by atoms with van der Waals surface area (Å²) in [6.45, 7) is 2.79. The van der Waals surface area contributed by atoms with Crippen molar-refractivity contribution in [3.8, 4) is 5.75 Å². The third-order valence-corrected chi connectivity index (χ3v) is 5.26. The van der Waals surface area contributed by atoms with Crippen molar-refractivity contribution in [3.63, 3.8) is 0 Å². The van der Waals surface area contributed by atoms with E-state index < -0.39 is 0 Å². The Hall–Kier alpha value is -2.53. The molecular formula is C21H23ClN2O3. The fourth-order valence-corrected chi connectivity index (χ4v) is 3.43. The van der Waals surface area contributed by atoms with E-state index in [1.54, 1.807) is 18.1 Å². The molecule has 0 aromatic heterocycles. The minimum Gasteiger partial charge on any atom is -0.496 e. The van der Waals surface area contributed by atoms with Gasteiger partial charge in [-0.05, 0) is 42.7 Å². The molecule has 142 valence electrons. The summed E-state index contributed by atoms with van der Waals surface area (Å²) < 4.78 is 5.32. The standard InChI is InChI=1S/C21H23ClN2O3/c1-14-7-8-17(12-18(14)22)24-13-16(11-20(24)25)21(26)23-10-9-15-5-3-4-6-19(15)27-2/h3-8,12,16H,9-11,13H2,1-2H3,(H,23,26). The Kier molecular flexibility index (Phi) is 6.01. The van der Waals surface area contributed by atoms with Gasteiger partial charge in [-0.25, -0.2) is 0 Å². The highest BCUT2D eigenvalue weighted by Gasteiger charge is 2.35. The molecule has 6 heteroatoms. The summed E-state index contributed by atoms with van der Waals surface area (Å²) in [6, 6.07) is 13.3. The molecule has 1 aliphatic rings. The van der Waals surface area contributed by atoms with Gasteiger partial charge in [0.1, 0.15) is 5.75 Å². The summed E-state index contributed by atoms with van der Waals surface area (Å²) in [5.74, 6) is 0.305. The van der Waals surface area contributed by atoms with Crippen molar-refractivity contribution in [3.05, 3.63) is 58.6 Å². The lowest BCUT2D eigenvalue weighted by Crippen LogP contribution is -2.34. The minimum atomic E-state index is -0.352. The van der Waals surface area contributed by atoms with Crippen LogP contribution in [-0.2, 0) is 16.0 Å². The van der Waals surface area contributed by atoms with Crippen LogP contribution in [0, 0.1) is 12.8 Å². The summed E-state index contributed by atoms with van der Waals surface area (Å²) >= 11 is 6.16. The van der Waals surface area contributed by atoms with Gasteiger partial charge in [-0.2, -0.15) is 0 Å². The van der Waals surface area contributed by atoms with Crippen molar-refractivity contribution < 1.29 is 14.3 Å². The molecule has 27 heavy (non-hydrogen) atoms. The predicted molar refractivity (Wildman–Crippen MR) is 106 cm³/mol. The number of aryl methyl sites for hydroxylation is 1. The fraction of sp³-hybridized carbons (Fsp3) is 0.333. The van der Waals surface area contributed by atoms with Crippen molar-refractivity contribution in [2.45, 2.75) is 19.8 Å². The Balaban J connectivity index is 1.56. The van der Waals surface area contributed by atoms with Crippen molar-refractivity contribution >= 4 is 29.1 Å². The number of rotatable bonds is 6. The highest BCUT2D eigenvalue weighted by Crippen LogP contribution is 2.29. The molecule has 1 unspecified atom stereocenters. The van der Waals surface area contributed by atoms with Gasteiger partial charge >= 0.3 is 0 Å². The minimum absolute atomic E-state index is 0.0557. The van der Waals surface area contributed by atoms with Gasteiger partial charge in [0, 0.05) is 30.2 Å². The number of nitrogens with one attached hydrogen (secondary N) is 1. The predicted octanol–water partition coefficient (Wildman–Crippen LogP) is 3.37. The average molecular weight is 387 g/mol. The largest absolute Gasteiger partial charge is 0.496 e. The Morgan fingerprint density at radius 2 is 2.07 bits per heavy atom. The van der Waals surface area contributed by atoms with Gasteiger partial charge in [0.2, 0.25) is 11.8 Å².